The van der Waals surface area contributed by atoms with Crippen LogP contribution < -0.4 is 10.1 Å². The number of aromatic amines is 1. The standard InChI is InChI=1S/C15H19N3O/c1-19-13-6-5-11-3-2-4-15(14(11)9-13)16-10-12-7-8-17-18-12/h5-9,15-16H,2-4,10H2,1H3,(H,17,18). The van der Waals surface area contributed by atoms with Gasteiger partial charge in [0.15, 0.2) is 0 Å². The van der Waals surface area contributed by atoms with Gasteiger partial charge < -0.3 is 10.1 Å². The highest BCUT2D eigenvalue weighted by Gasteiger charge is 2.20. The van der Waals surface area contributed by atoms with E-state index in [1.54, 1.807) is 13.3 Å². The Morgan fingerprint density at radius 1 is 1.42 bits per heavy atom. The lowest BCUT2D eigenvalue weighted by molar-refractivity contribution is 0.408. The van der Waals surface area contributed by atoms with E-state index >= 15 is 0 Å². The van der Waals surface area contributed by atoms with Crippen LogP contribution in [-0.2, 0) is 13.0 Å². The Morgan fingerprint density at radius 3 is 3.16 bits per heavy atom. The van der Waals surface area contributed by atoms with Crippen LogP contribution in [0.3, 0.4) is 0 Å². The van der Waals surface area contributed by atoms with Crippen molar-refractivity contribution in [1.29, 1.82) is 0 Å². The third-order valence-electron chi connectivity index (χ3n) is 3.76. The molecule has 1 atom stereocenters. The van der Waals surface area contributed by atoms with Crippen LogP contribution in [-0.4, -0.2) is 17.3 Å². The lowest BCUT2D eigenvalue weighted by Gasteiger charge is -2.26. The molecule has 0 fully saturated rings. The Labute approximate surface area is 113 Å². The van der Waals surface area contributed by atoms with Gasteiger partial charge in [0, 0.05) is 24.5 Å². The summed E-state index contributed by atoms with van der Waals surface area (Å²) in [7, 11) is 1.72. The van der Waals surface area contributed by atoms with Crippen molar-refractivity contribution in [2.24, 2.45) is 0 Å². The molecule has 0 saturated heterocycles. The minimum Gasteiger partial charge on any atom is -0.497 e. The Morgan fingerprint density at radius 2 is 2.37 bits per heavy atom. The number of hydrogen-bond donors (Lipinski definition) is 2. The van der Waals surface area contributed by atoms with Gasteiger partial charge in [-0.15, -0.1) is 0 Å². The maximum absolute atomic E-state index is 5.34. The van der Waals surface area contributed by atoms with Crippen LogP contribution >= 0.6 is 0 Å². The van der Waals surface area contributed by atoms with Crippen molar-refractivity contribution in [2.75, 3.05) is 7.11 Å². The van der Waals surface area contributed by atoms with Crippen LogP contribution in [0.2, 0.25) is 0 Å². The topological polar surface area (TPSA) is 49.9 Å². The van der Waals surface area contributed by atoms with E-state index in [0.717, 1.165) is 18.0 Å². The van der Waals surface area contributed by atoms with Crippen molar-refractivity contribution in [1.82, 2.24) is 15.5 Å². The number of nitrogens with zero attached hydrogens (tertiary/aromatic N) is 1. The first kappa shape index (κ1) is 12.2. The summed E-state index contributed by atoms with van der Waals surface area (Å²) in [5.74, 6) is 0.939. The molecule has 0 saturated carbocycles. The van der Waals surface area contributed by atoms with Crippen molar-refractivity contribution in [2.45, 2.75) is 31.8 Å². The summed E-state index contributed by atoms with van der Waals surface area (Å²) in [5.41, 5.74) is 3.94. The summed E-state index contributed by atoms with van der Waals surface area (Å²) >= 11 is 0. The number of hydrogen-bond acceptors (Lipinski definition) is 3. The molecule has 19 heavy (non-hydrogen) atoms. The van der Waals surface area contributed by atoms with Crippen LogP contribution in [0.15, 0.2) is 30.5 Å². The maximum atomic E-state index is 5.34. The van der Waals surface area contributed by atoms with Gasteiger partial charge in [-0.2, -0.15) is 5.10 Å². The van der Waals surface area contributed by atoms with E-state index in [4.69, 9.17) is 4.74 Å². The molecule has 0 spiro atoms. The fraction of sp³-hybridized carbons (Fsp3) is 0.400. The van der Waals surface area contributed by atoms with E-state index in [1.165, 1.54) is 30.4 Å². The van der Waals surface area contributed by atoms with Crippen molar-refractivity contribution < 1.29 is 4.74 Å². The first-order valence-corrected chi connectivity index (χ1v) is 6.75. The summed E-state index contributed by atoms with van der Waals surface area (Å²) in [4.78, 5) is 0. The highest BCUT2D eigenvalue weighted by molar-refractivity contribution is 5.39. The fourth-order valence-corrected chi connectivity index (χ4v) is 2.73. The molecule has 100 valence electrons. The number of nitrogens with one attached hydrogen (secondary N) is 2. The molecule has 2 aromatic rings. The molecule has 2 N–H and O–H groups in total. The van der Waals surface area contributed by atoms with Crippen molar-refractivity contribution in [3.8, 4) is 5.75 Å². The van der Waals surface area contributed by atoms with Gasteiger partial charge in [-0.3, -0.25) is 5.10 Å². The van der Waals surface area contributed by atoms with Crippen molar-refractivity contribution in [3.05, 3.63) is 47.3 Å². The molecule has 1 unspecified atom stereocenters. The zero-order valence-electron chi connectivity index (χ0n) is 11.1. The van der Waals surface area contributed by atoms with Crippen molar-refractivity contribution >= 4 is 0 Å². The number of ether oxygens (including phenoxy) is 1. The summed E-state index contributed by atoms with van der Waals surface area (Å²) in [6, 6.07) is 8.82. The van der Waals surface area contributed by atoms with Gasteiger partial charge in [0.25, 0.3) is 0 Å². The van der Waals surface area contributed by atoms with Gasteiger partial charge in [0.2, 0.25) is 0 Å². The molecule has 0 radical (unpaired) electrons. The van der Waals surface area contributed by atoms with Gasteiger partial charge in [-0.05, 0) is 48.6 Å². The average Bonchev–Trinajstić information content (AvgIpc) is 2.97. The van der Waals surface area contributed by atoms with Gasteiger partial charge in [-0.1, -0.05) is 6.07 Å². The normalized spacial score (nSPS) is 18.1. The Balaban J connectivity index is 1.77. The second-order valence-corrected chi connectivity index (χ2v) is 4.97. The number of rotatable bonds is 4. The number of aromatic nitrogens is 2. The van der Waals surface area contributed by atoms with Crippen LogP contribution in [0.4, 0.5) is 0 Å². The summed E-state index contributed by atoms with van der Waals surface area (Å²) in [5, 5.41) is 10.6. The molecule has 1 aliphatic rings. The lowest BCUT2D eigenvalue weighted by atomic mass is 9.87. The lowest BCUT2D eigenvalue weighted by Crippen LogP contribution is -2.25. The molecule has 1 aromatic carbocycles. The van der Waals surface area contributed by atoms with E-state index in [2.05, 4.69) is 33.7 Å². The first-order valence-electron chi connectivity index (χ1n) is 6.75. The zero-order chi connectivity index (χ0) is 13.1. The predicted molar refractivity (Wildman–Crippen MR) is 74.1 cm³/mol. The molecule has 4 heteroatoms. The minimum absolute atomic E-state index is 0.405. The number of H-pyrrole nitrogens is 1. The monoisotopic (exact) mass is 257 g/mol. The number of benzene rings is 1. The van der Waals surface area contributed by atoms with E-state index in [-0.39, 0.29) is 0 Å². The highest BCUT2D eigenvalue weighted by Crippen LogP contribution is 2.32. The Bertz CT molecular complexity index is 536. The van der Waals surface area contributed by atoms with Gasteiger partial charge in [0.05, 0.1) is 7.11 Å². The molecule has 3 rings (SSSR count). The SMILES string of the molecule is COc1ccc2c(c1)C(NCc1ccn[nH]1)CCC2. The minimum atomic E-state index is 0.405. The second kappa shape index (κ2) is 5.45. The average molecular weight is 257 g/mol. The fourth-order valence-electron chi connectivity index (χ4n) is 2.73. The Kier molecular flexibility index (Phi) is 3.51. The van der Waals surface area contributed by atoms with Crippen LogP contribution in [0, 0.1) is 0 Å². The van der Waals surface area contributed by atoms with Crippen LogP contribution in [0.5, 0.6) is 5.75 Å². The zero-order valence-corrected chi connectivity index (χ0v) is 11.1. The summed E-state index contributed by atoms with van der Waals surface area (Å²) < 4.78 is 5.34. The molecule has 1 heterocycles. The molecule has 0 amide bonds. The number of aryl methyl sites for hydroxylation is 1. The molecule has 0 bridgehead atoms. The first-order chi connectivity index (χ1) is 9.36. The quantitative estimate of drug-likeness (QED) is 0.885. The van der Waals surface area contributed by atoms with E-state index < -0.39 is 0 Å². The van der Waals surface area contributed by atoms with Crippen molar-refractivity contribution in [3.63, 3.8) is 0 Å². The van der Waals surface area contributed by atoms with Gasteiger partial charge >= 0.3 is 0 Å². The molecular weight excluding hydrogens is 238 g/mol. The number of fused-ring (bicyclic) bond motifs is 1. The molecule has 1 aromatic heterocycles. The van der Waals surface area contributed by atoms with Gasteiger partial charge in [0.1, 0.15) is 5.75 Å². The second-order valence-electron chi connectivity index (χ2n) is 4.97. The smallest absolute Gasteiger partial charge is 0.119 e. The molecule has 1 aliphatic carbocycles. The molecular formula is C15H19N3O. The summed E-state index contributed by atoms with van der Waals surface area (Å²) in [6.45, 7) is 0.821. The van der Waals surface area contributed by atoms with E-state index in [1.807, 2.05) is 6.07 Å². The van der Waals surface area contributed by atoms with E-state index in [9.17, 15) is 0 Å². The van der Waals surface area contributed by atoms with Crippen LogP contribution in [0.1, 0.15) is 35.7 Å². The highest BCUT2D eigenvalue weighted by atomic mass is 16.5. The predicted octanol–water partition coefficient (Wildman–Crippen LogP) is 2.59. The summed E-state index contributed by atoms with van der Waals surface area (Å²) in [6.07, 6.45) is 5.37. The third-order valence-corrected chi connectivity index (χ3v) is 3.76. The van der Waals surface area contributed by atoms with Crippen LogP contribution in [0.25, 0.3) is 0 Å². The Hall–Kier alpha value is -1.81. The third kappa shape index (κ3) is 2.63. The molecule has 0 aliphatic heterocycles. The van der Waals surface area contributed by atoms with E-state index in [0.29, 0.717) is 6.04 Å². The largest absolute Gasteiger partial charge is 0.497 e. The molecule has 4 nitrogen and oxygen atoms in total. The number of methoxy groups -OCH3 is 1. The maximum Gasteiger partial charge on any atom is 0.119 e. The van der Waals surface area contributed by atoms with Gasteiger partial charge in [-0.25, -0.2) is 0 Å².